The summed E-state index contributed by atoms with van der Waals surface area (Å²) in [6.45, 7) is 9.67. The molecular formula is C10H20NO2PSi. The number of rotatable bonds is 4. The molecule has 0 spiro atoms. The van der Waals surface area contributed by atoms with Crippen molar-refractivity contribution < 1.29 is 9.40 Å². The molecule has 5 heteroatoms. The van der Waals surface area contributed by atoms with Crippen molar-refractivity contribution >= 4 is 16.0 Å². The van der Waals surface area contributed by atoms with Gasteiger partial charge < -0.3 is 0 Å². The molecule has 1 aliphatic heterocycles. The summed E-state index contributed by atoms with van der Waals surface area (Å²) in [6.07, 6.45) is 1.02. The SMILES string of the molecule is C[Si](C)(C)CCON1CCC(C#P=O)C1. The summed E-state index contributed by atoms with van der Waals surface area (Å²) in [7, 11) is -0.954. The van der Waals surface area contributed by atoms with Gasteiger partial charge in [0.1, 0.15) is 0 Å². The van der Waals surface area contributed by atoms with Crippen molar-refractivity contribution in [2.45, 2.75) is 32.1 Å². The summed E-state index contributed by atoms with van der Waals surface area (Å²) in [4.78, 5) is 5.68. The third kappa shape index (κ3) is 5.69. The van der Waals surface area contributed by atoms with Gasteiger partial charge >= 0.3 is 93.8 Å². The van der Waals surface area contributed by atoms with E-state index in [0.717, 1.165) is 26.1 Å². The van der Waals surface area contributed by atoms with E-state index in [1.807, 2.05) is 5.06 Å². The Bertz CT molecular complexity index is 296. The van der Waals surface area contributed by atoms with Crippen molar-refractivity contribution in [3.05, 3.63) is 0 Å². The van der Waals surface area contributed by atoms with Gasteiger partial charge in [-0.25, -0.2) is 0 Å². The van der Waals surface area contributed by atoms with E-state index in [1.54, 1.807) is 0 Å². The second-order valence-electron chi connectivity index (χ2n) is 5.24. The molecule has 1 atom stereocenters. The molecule has 0 aromatic rings. The first-order valence-corrected chi connectivity index (χ1v) is 9.99. The molecule has 1 rings (SSSR count). The van der Waals surface area contributed by atoms with E-state index in [0.29, 0.717) is 5.92 Å². The van der Waals surface area contributed by atoms with E-state index < -0.39 is 8.07 Å². The van der Waals surface area contributed by atoms with E-state index in [4.69, 9.17) is 4.84 Å². The van der Waals surface area contributed by atoms with Crippen LogP contribution >= 0.6 is 7.92 Å². The van der Waals surface area contributed by atoms with Crippen LogP contribution in [0.4, 0.5) is 0 Å². The Kier molecular flexibility index (Phi) is 5.31. The zero-order valence-corrected chi connectivity index (χ0v) is 11.7. The first kappa shape index (κ1) is 13.2. The molecule has 0 bridgehead atoms. The van der Waals surface area contributed by atoms with Crippen LogP contribution in [0.15, 0.2) is 0 Å². The molecule has 1 aliphatic rings. The fourth-order valence-corrected chi connectivity index (χ4v) is 2.57. The molecule has 3 nitrogen and oxygen atoms in total. The molecule has 0 aromatic heterocycles. The van der Waals surface area contributed by atoms with Crippen LogP contribution in [0.3, 0.4) is 0 Å². The van der Waals surface area contributed by atoms with E-state index in [1.165, 1.54) is 6.04 Å². The maximum absolute atomic E-state index is 10.3. The summed E-state index contributed by atoms with van der Waals surface area (Å²) in [6, 6.07) is 1.20. The summed E-state index contributed by atoms with van der Waals surface area (Å²) >= 11 is 0. The molecule has 0 N–H and O–H groups in total. The van der Waals surface area contributed by atoms with Gasteiger partial charge in [0.25, 0.3) is 0 Å². The third-order valence-corrected chi connectivity index (χ3v) is 4.69. The van der Waals surface area contributed by atoms with Gasteiger partial charge in [0.15, 0.2) is 0 Å². The van der Waals surface area contributed by atoms with Crippen molar-refractivity contribution in [1.82, 2.24) is 5.06 Å². The van der Waals surface area contributed by atoms with Crippen LogP contribution in [0.25, 0.3) is 0 Å². The molecule has 0 aromatic carbocycles. The van der Waals surface area contributed by atoms with Crippen LogP contribution in [0.1, 0.15) is 6.42 Å². The summed E-state index contributed by atoms with van der Waals surface area (Å²) in [5.41, 5.74) is 2.88. The summed E-state index contributed by atoms with van der Waals surface area (Å²) in [5.74, 6) is 0.316. The van der Waals surface area contributed by atoms with Crippen LogP contribution in [-0.4, -0.2) is 32.8 Å². The van der Waals surface area contributed by atoms with Gasteiger partial charge in [0.2, 0.25) is 0 Å². The topological polar surface area (TPSA) is 29.5 Å². The molecule has 0 saturated carbocycles. The molecule has 0 amide bonds. The number of nitrogens with zero attached hydrogens (tertiary/aromatic N) is 1. The van der Waals surface area contributed by atoms with Gasteiger partial charge in [0.05, 0.1) is 0 Å². The van der Waals surface area contributed by atoms with E-state index >= 15 is 0 Å². The molecule has 1 saturated heterocycles. The van der Waals surface area contributed by atoms with Crippen molar-refractivity contribution in [2.24, 2.45) is 5.92 Å². The fourth-order valence-electron chi connectivity index (χ4n) is 1.51. The average Bonchev–Trinajstić information content (AvgIpc) is 2.51. The number of hydrogen-bond donors (Lipinski definition) is 0. The van der Waals surface area contributed by atoms with Gasteiger partial charge in [-0.2, -0.15) is 0 Å². The predicted molar refractivity (Wildman–Crippen MR) is 65.3 cm³/mol. The van der Waals surface area contributed by atoms with Crippen LogP contribution < -0.4 is 0 Å². The zero-order valence-electron chi connectivity index (χ0n) is 9.82. The molecule has 0 radical (unpaired) electrons. The summed E-state index contributed by atoms with van der Waals surface area (Å²) < 4.78 is 10.3. The van der Waals surface area contributed by atoms with Crippen molar-refractivity contribution in [3.8, 4) is 5.63 Å². The Morgan fingerprint density at radius 1 is 1.53 bits per heavy atom. The molecule has 1 heterocycles. The summed E-state index contributed by atoms with van der Waals surface area (Å²) in [5, 5.41) is 1.99. The molecule has 1 unspecified atom stereocenters. The molecule has 1 fully saturated rings. The Balaban J connectivity index is 2.18. The third-order valence-electron chi connectivity index (χ3n) is 2.51. The van der Waals surface area contributed by atoms with Gasteiger partial charge in [-0.3, -0.25) is 0 Å². The van der Waals surface area contributed by atoms with Gasteiger partial charge in [-0.05, 0) is 0 Å². The van der Waals surface area contributed by atoms with Crippen molar-refractivity contribution in [1.29, 1.82) is 0 Å². The Morgan fingerprint density at radius 3 is 2.87 bits per heavy atom. The van der Waals surface area contributed by atoms with Crippen LogP contribution in [0.5, 0.6) is 0 Å². The molecule has 0 aliphatic carbocycles. The zero-order chi connectivity index (χ0) is 11.3. The standard InChI is InChI=1S/C10H20NO2PSi/c1-15(2,3)7-6-13-11-5-4-10(8-11)9-14-12/h10H,4-8H2,1-3H3. The van der Waals surface area contributed by atoms with Crippen molar-refractivity contribution in [3.63, 3.8) is 0 Å². The quantitative estimate of drug-likeness (QED) is 0.563. The second kappa shape index (κ2) is 6.02. The normalized spacial score (nSPS) is 22.7. The van der Waals surface area contributed by atoms with E-state index in [2.05, 4.69) is 25.3 Å². The van der Waals surface area contributed by atoms with Crippen LogP contribution in [0, 0.1) is 11.5 Å². The van der Waals surface area contributed by atoms with Crippen molar-refractivity contribution in [2.75, 3.05) is 19.7 Å². The van der Waals surface area contributed by atoms with E-state index in [9.17, 15) is 4.57 Å². The Labute approximate surface area is 94.3 Å². The average molecular weight is 245 g/mol. The Morgan fingerprint density at radius 2 is 2.27 bits per heavy atom. The Hall–Kier alpha value is 0.147. The first-order valence-electron chi connectivity index (χ1n) is 5.47. The van der Waals surface area contributed by atoms with Crippen LogP contribution in [-0.2, 0) is 9.40 Å². The predicted octanol–water partition coefficient (Wildman–Crippen LogP) is 2.83. The van der Waals surface area contributed by atoms with Gasteiger partial charge in [-0.1, -0.05) is 0 Å². The maximum atomic E-state index is 10.3. The molecule has 15 heavy (non-hydrogen) atoms. The fraction of sp³-hybridized carbons (Fsp3) is 0.900. The number of hydrogen-bond acceptors (Lipinski definition) is 3. The monoisotopic (exact) mass is 245 g/mol. The first-order chi connectivity index (χ1) is 7.01. The van der Waals surface area contributed by atoms with E-state index in [-0.39, 0.29) is 7.92 Å². The molecular weight excluding hydrogens is 225 g/mol. The second-order valence-corrected chi connectivity index (χ2v) is 11.3. The number of hydroxylamine groups is 2. The molecule has 86 valence electrons. The minimum atomic E-state index is -0.980. The van der Waals surface area contributed by atoms with Crippen LogP contribution in [0.2, 0.25) is 25.7 Å². The van der Waals surface area contributed by atoms with Gasteiger partial charge in [0, 0.05) is 0 Å². The minimum absolute atomic E-state index is 0.0265. The van der Waals surface area contributed by atoms with Gasteiger partial charge in [-0.15, -0.1) is 0 Å².